The van der Waals surface area contributed by atoms with Crippen LogP contribution in [0.5, 0.6) is 0 Å². The molecule has 58 heavy (non-hydrogen) atoms. The van der Waals surface area contributed by atoms with Gasteiger partial charge in [0.2, 0.25) is 5.95 Å². The van der Waals surface area contributed by atoms with Gasteiger partial charge >= 0.3 is 0 Å². The molecule has 0 atom stereocenters. The van der Waals surface area contributed by atoms with E-state index in [-0.39, 0.29) is 0 Å². The van der Waals surface area contributed by atoms with Gasteiger partial charge < -0.3 is 13.4 Å². The van der Waals surface area contributed by atoms with Gasteiger partial charge in [-0.1, -0.05) is 97.1 Å². The smallest absolute Gasteiger partial charge is 0.235 e. The number of benzene rings is 8. The molecule has 13 rings (SSSR count). The molecule has 8 aromatic carbocycles. The fraction of sp³-hybridized carbons (Fsp3) is 0. The van der Waals surface area contributed by atoms with Crippen molar-refractivity contribution in [2.24, 2.45) is 0 Å². The number of hydrogen-bond donors (Lipinski definition) is 0. The van der Waals surface area contributed by atoms with Crippen LogP contribution in [0, 0.1) is 0 Å². The van der Waals surface area contributed by atoms with E-state index < -0.39 is 0 Å². The summed E-state index contributed by atoms with van der Waals surface area (Å²) in [5, 5.41) is 9.03. The van der Waals surface area contributed by atoms with E-state index in [0.717, 1.165) is 116 Å². The molecule has 6 heteroatoms. The Hall–Kier alpha value is -7.96. The molecule has 0 amide bonds. The van der Waals surface area contributed by atoms with Crippen LogP contribution in [0.3, 0.4) is 0 Å². The molecule has 5 heterocycles. The first kappa shape index (κ1) is 31.3. The van der Waals surface area contributed by atoms with E-state index in [9.17, 15) is 0 Å². The molecule has 270 valence electrons. The molecule has 0 fully saturated rings. The Morgan fingerprint density at radius 2 is 0.983 bits per heavy atom. The molecule has 0 spiro atoms. The molecular weight excluding hydrogens is 713 g/mol. The Kier molecular flexibility index (Phi) is 6.35. The summed E-state index contributed by atoms with van der Waals surface area (Å²) in [5.74, 6) is 0.620. The van der Waals surface area contributed by atoms with Gasteiger partial charge in [-0.25, -0.2) is 9.97 Å². The number of fused-ring (bicyclic) bond motifs is 13. The maximum Gasteiger partial charge on any atom is 0.235 e. The average molecular weight is 743 g/mol. The summed E-state index contributed by atoms with van der Waals surface area (Å²) in [4.78, 5) is 10.3. The van der Waals surface area contributed by atoms with Gasteiger partial charge in [0.05, 0.1) is 27.8 Å². The third kappa shape index (κ3) is 4.42. The lowest BCUT2D eigenvalue weighted by atomic mass is 10.0. The highest BCUT2D eigenvalue weighted by Gasteiger charge is 2.22. The number of rotatable bonds is 4. The standard InChI is InChI=1S/C52H30N4O2/c1-5-16-43-35(12-1)38-22-23-45-50(51(38)56(43)52-53-27-26-42(54-52)33-21-25-49-41(30-33)37-14-4-8-19-47(37)58-49)39-15-2-6-17-44(39)55(45)34-11-9-10-31(28-34)32-20-24-48-40(29-32)36-13-3-7-18-46(36)57-48/h1-30H. The van der Waals surface area contributed by atoms with Crippen LogP contribution in [-0.4, -0.2) is 19.1 Å². The van der Waals surface area contributed by atoms with Gasteiger partial charge in [0.25, 0.3) is 0 Å². The second kappa shape index (κ2) is 11.8. The van der Waals surface area contributed by atoms with Crippen LogP contribution in [0.25, 0.3) is 122 Å². The Labute approximate surface area is 330 Å². The molecule has 0 aliphatic rings. The lowest BCUT2D eigenvalue weighted by Crippen LogP contribution is -2.02. The van der Waals surface area contributed by atoms with Crippen molar-refractivity contribution in [1.82, 2.24) is 19.1 Å². The molecule has 0 aliphatic carbocycles. The number of furan rings is 2. The van der Waals surface area contributed by atoms with Crippen molar-refractivity contribution in [3.8, 4) is 34.0 Å². The highest BCUT2D eigenvalue weighted by Crippen LogP contribution is 2.42. The fourth-order valence-electron chi connectivity index (χ4n) is 9.23. The zero-order valence-corrected chi connectivity index (χ0v) is 30.9. The van der Waals surface area contributed by atoms with E-state index >= 15 is 0 Å². The predicted octanol–water partition coefficient (Wildman–Crippen LogP) is 13.8. The Morgan fingerprint density at radius 1 is 0.379 bits per heavy atom. The highest BCUT2D eigenvalue weighted by atomic mass is 16.3. The van der Waals surface area contributed by atoms with E-state index in [2.05, 4.69) is 143 Å². The largest absolute Gasteiger partial charge is 0.456 e. The second-order valence-corrected chi connectivity index (χ2v) is 15.0. The first-order chi connectivity index (χ1) is 28.7. The van der Waals surface area contributed by atoms with Crippen LogP contribution in [0.15, 0.2) is 191 Å². The molecule has 5 aromatic heterocycles. The van der Waals surface area contributed by atoms with Crippen molar-refractivity contribution in [1.29, 1.82) is 0 Å². The van der Waals surface area contributed by atoms with E-state index in [4.69, 9.17) is 18.8 Å². The maximum absolute atomic E-state index is 6.16. The molecule has 0 unspecified atom stereocenters. The van der Waals surface area contributed by atoms with Gasteiger partial charge in [0, 0.05) is 60.5 Å². The summed E-state index contributed by atoms with van der Waals surface area (Å²) in [7, 11) is 0. The predicted molar refractivity (Wildman–Crippen MR) is 236 cm³/mol. The molecule has 0 bridgehead atoms. The normalized spacial score (nSPS) is 12.1. The van der Waals surface area contributed by atoms with Crippen molar-refractivity contribution in [3.05, 3.63) is 182 Å². The van der Waals surface area contributed by atoms with Crippen molar-refractivity contribution in [3.63, 3.8) is 0 Å². The molecule has 0 radical (unpaired) electrons. The minimum Gasteiger partial charge on any atom is -0.456 e. The summed E-state index contributed by atoms with van der Waals surface area (Å²) < 4.78 is 16.9. The minimum absolute atomic E-state index is 0.620. The summed E-state index contributed by atoms with van der Waals surface area (Å²) in [6, 6.07) is 61.8. The van der Waals surface area contributed by atoms with Gasteiger partial charge in [-0.3, -0.25) is 4.57 Å². The second-order valence-electron chi connectivity index (χ2n) is 15.0. The van der Waals surface area contributed by atoms with Gasteiger partial charge in [0.15, 0.2) is 0 Å². The first-order valence-electron chi connectivity index (χ1n) is 19.5. The summed E-state index contributed by atoms with van der Waals surface area (Å²) in [6.07, 6.45) is 1.87. The monoisotopic (exact) mass is 742 g/mol. The molecule has 0 saturated carbocycles. The van der Waals surface area contributed by atoms with E-state index in [1.54, 1.807) is 0 Å². The zero-order chi connectivity index (χ0) is 37.9. The summed E-state index contributed by atoms with van der Waals surface area (Å²) in [6.45, 7) is 0. The van der Waals surface area contributed by atoms with E-state index in [1.807, 2.05) is 48.7 Å². The molecular formula is C52H30N4O2. The first-order valence-corrected chi connectivity index (χ1v) is 19.5. The number of aromatic nitrogens is 4. The van der Waals surface area contributed by atoms with Crippen molar-refractivity contribution in [2.45, 2.75) is 0 Å². The number of hydrogen-bond acceptors (Lipinski definition) is 4. The molecule has 0 saturated heterocycles. The topological polar surface area (TPSA) is 61.9 Å². The van der Waals surface area contributed by atoms with Crippen LogP contribution in [0.4, 0.5) is 0 Å². The molecule has 13 aromatic rings. The van der Waals surface area contributed by atoms with Crippen LogP contribution in [0.2, 0.25) is 0 Å². The van der Waals surface area contributed by atoms with Gasteiger partial charge in [-0.05, 0) is 90.0 Å². The van der Waals surface area contributed by atoms with Crippen molar-refractivity contribution in [2.75, 3.05) is 0 Å². The van der Waals surface area contributed by atoms with Crippen molar-refractivity contribution >= 4 is 87.5 Å². The van der Waals surface area contributed by atoms with Crippen LogP contribution < -0.4 is 0 Å². The number of para-hydroxylation sites is 4. The Morgan fingerprint density at radius 3 is 1.74 bits per heavy atom. The Bertz CT molecular complexity index is 3820. The van der Waals surface area contributed by atoms with Crippen LogP contribution in [0.1, 0.15) is 0 Å². The Balaban J connectivity index is 1.03. The molecule has 0 aliphatic heterocycles. The lowest BCUT2D eigenvalue weighted by Gasteiger charge is -2.11. The minimum atomic E-state index is 0.620. The highest BCUT2D eigenvalue weighted by molar-refractivity contribution is 6.26. The average Bonchev–Trinajstić information content (AvgIpc) is 4.03. The van der Waals surface area contributed by atoms with Gasteiger partial charge in [0.1, 0.15) is 22.3 Å². The summed E-state index contributed by atoms with van der Waals surface area (Å²) in [5.41, 5.74) is 13.1. The maximum atomic E-state index is 6.16. The van der Waals surface area contributed by atoms with Crippen LogP contribution >= 0.6 is 0 Å². The fourth-order valence-corrected chi connectivity index (χ4v) is 9.23. The van der Waals surface area contributed by atoms with Crippen molar-refractivity contribution < 1.29 is 8.83 Å². The SMILES string of the molecule is c1cc(-c2ccc3oc4ccccc4c3c2)cc(-n2c3ccccc3c3c2ccc2c4ccccc4n(-c4nccc(-c5ccc6oc7ccccc7c6c5)n4)c23)c1. The van der Waals surface area contributed by atoms with E-state index in [0.29, 0.717) is 5.95 Å². The summed E-state index contributed by atoms with van der Waals surface area (Å²) >= 11 is 0. The lowest BCUT2D eigenvalue weighted by molar-refractivity contribution is 0.668. The zero-order valence-electron chi connectivity index (χ0n) is 30.9. The quantitative estimate of drug-likeness (QED) is 0.180. The third-order valence-electron chi connectivity index (χ3n) is 11.8. The number of nitrogens with zero attached hydrogens (tertiary/aromatic N) is 4. The van der Waals surface area contributed by atoms with Gasteiger partial charge in [-0.15, -0.1) is 0 Å². The van der Waals surface area contributed by atoms with Crippen LogP contribution in [-0.2, 0) is 0 Å². The molecule has 0 N–H and O–H groups in total. The van der Waals surface area contributed by atoms with E-state index in [1.165, 1.54) is 0 Å². The van der Waals surface area contributed by atoms with Gasteiger partial charge in [-0.2, -0.15) is 0 Å². The third-order valence-corrected chi connectivity index (χ3v) is 11.8. The molecule has 6 nitrogen and oxygen atoms in total.